The number of aliphatic imine (C=N–C) groups is 1. The Bertz CT molecular complexity index is 1060. The fourth-order valence-electron chi connectivity index (χ4n) is 2.62. The number of methoxy groups -OCH3 is 1. The van der Waals surface area contributed by atoms with Crippen LogP contribution in [0, 0.1) is 6.92 Å². The molecule has 0 saturated carbocycles. The zero-order valence-corrected chi connectivity index (χ0v) is 17.3. The highest BCUT2D eigenvalue weighted by Gasteiger charge is 2.24. The molecular formula is C21H20N2O6S. The van der Waals surface area contributed by atoms with E-state index in [-0.39, 0.29) is 11.7 Å². The number of aliphatic carboxylic acids is 1. The average Bonchev–Trinajstić information content (AvgIpc) is 3.04. The van der Waals surface area contributed by atoms with E-state index in [2.05, 4.69) is 10.3 Å². The highest BCUT2D eigenvalue weighted by Crippen LogP contribution is 2.33. The number of hydrogen-bond acceptors (Lipinski definition) is 7. The summed E-state index contributed by atoms with van der Waals surface area (Å²) >= 11 is 1.19. The van der Waals surface area contributed by atoms with Gasteiger partial charge in [-0.1, -0.05) is 6.07 Å². The van der Waals surface area contributed by atoms with Crippen molar-refractivity contribution in [1.29, 1.82) is 0 Å². The van der Waals surface area contributed by atoms with E-state index in [1.165, 1.54) is 31.9 Å². The summed E-state index contributed by atoms with van der Waals surface area (Å²) < 4.78 is 10.7. The van der Waals surface area contributed by atoms with Gasteiger partial charge < -0.3 is 25.0 Å². The lowest BCUT2D eigenvalue weighted by atomic mass is 10.2. The Balaban J connectivity index is 1.82. The molecule has 0 spiro atoms. The Kier molecular flexibility index (Phi) is 6.31. The smallest absolute Gasteiger partial charge is 0.344 e. The highest BCUT2D eigenvalue weighted by molar-refractivity contribution is 8.18. The summed E-state index contributed by atoms with van der Waals surface area (Å²) in [6.07, 6.45) is 0.653. The summed E-state index contributed by atoms with van der Waals surface area (Å²) in [6, 6.07) is 9.76. The second kappa shape index (κ2) is 8.91. The average molecular weight is 428 g/mol. The highest BCUT2D eigenvalue weighted by atomic mass is 32.2. The predicted octanol–water partition coefficient (Wildman–Crippen LogP) is 3.45. The van der Waals surface area contributed by atoms with E-state index in [1.807, 2.05) is 6.92 Å². The van der Waals surface area contributed by atoms with Crippen molar-refractivity contribution in [2.24, 2.45) is 4.99 Å². The topological polar surface area (TPSA) is 117 Å². The monoisotopic (exact) mass is 428 g/mol. The van der Waals surface area contributed by atoms with E-state index >= 15 is 0 Å². The van der Waals surface area contributed by atoms with Crippen LogP contribution in [0.4, 0.5) is 5.69 Å². The van der Waals surface area contributed by atoms with Crippen molar-refractivity contribution in [2.75, 3.05) is 7.11 Å². The lowest BCUT2D eigenvalue weighted by Gasteiger charge is -2.14. The summed E-state index contributed by atoms with van der Waals surface area (Å²) in [7, 11) is 1.45. The van der Waals surface area contributed by atoms with E-state index in [9.17, 15) is 14.7 Å². The maximum Gasteiger partial charge on any atom is 0.344 e. The van der Waals surface area contributed by atoms with Gasteiger partial charge in [0.15, 0.2) is 22.8 Å². The summed E-state index contributed by atoms with van der Waals surface area (Å²) in [4.78, 5) is 28.2. The third-order valence-corrected chi connectivity index (χ3v) is 5.10. The molecular weight excluding hydrogens is 408 g/mol. The Hall–Kier alpha value is -3.46. The number of aromatic hydroxyl groups is 1. The second-order valence-electron chi connectivity index (χ2n) is 6.46. The van der Waals surface area contributed by atoms with Crippen molar-refractivity contribution in [2.45, 2.75) is 20.0 Å². The maximum atomic E-state index is 12.3. The third-order valence-electron chi connectivity index (χ3n) is 4.19. The maximum absolute atomic E-state index is 12.3. The fourth-order valence-corrected chi connectivity index (χ4v) is 3.45. The molecule has 3 N–H and O–H groups in total. The molecule has 9 heteroatoms. The van der Waals surface area contributed by atoms with Crippen LogP contribution >= 0.6 is 11.8 Å². The number of hydrogen-bond donors (Lipinski definition) is 3. The summed E-state index contributed by atoms with van der Waals surface area (Å²) in [5.74, 6) is -0.566. The van der Waals surface area contributed by atoms with Crippen LogP contribution in [-0.2, 0) is 9.59 Å². The molecule has 0 bridgehead atoms. The molecule has 0 radical (unpaired) electrons. The molecule has 2 aromatic rings. The number of aryl methyl sites for hydroxylation is 1. The first kappa shape index (κ1) is 21.3. The van der Waals surface area contributed by atoms with Crippen LogP contribution < -0.4 is 14.8 Å². The Morgan fingerprint density at radius 1 is 1.23 bits per heavy atom. The van der Waals surface area contributed by atoms with E-state index in [0.717, 1.165) is 5.56 Å². The minimum Gasteiger partial charge on any atom is -0.508 e. The molecule has 30 heavy (non-hydrogen) atoms. The molecule has 1 atom stereocenters. The van der Waals surface area contributed by atoms with E-state index in [1.54, 1.807) is 36.4 Å². The SMILES string of the molecule is COc1cc(/C=C2/SC(=Nc3ccc(O)cc3C)NC2=O)ccc1OC(C)C(=O)O. The van der Waals surface area contributed by atoms with Gasteiger partial charge in [0.25, 0.3) is 5.91 Å². The van der Waals surface area contributed by atoms with E-state index in [0.29, 0.717) is 32.8 Å². The number of amides is 1. The van der Waals surface area contributed by atoms with Gasteiger partial charge in [-0.2, -0.15) is 0 Å². The van der Waals surface area contributed by atoms with Crippen LogP contribution in [0.2, 0.25) is 0 Å². The molecule has 1 unspecified atom stereocenters. The number of nitrogens with zero attached hydrogens (tertiary/aromatic N) is 1. The van der Waals surface area contributed by atoms with Crippen molar-refractivity contribution < 1.29 is 29.3 Å². The Morgan fingerprint density at radius 2 is 2.00 bits per heavy atom. The van der Waals surface area contributed by atoms with Crippen LogP contribution in [0.5, 0.6) is 17.2 Å². The number of benzene rings is 2. The summed E-state index contributed by atoms with van der Waals surface area (Å²) in [6.45, 7) is 3.24. The van der Waals surface area contributed by atoms with Crippen molar-refractivity contribution in [3.05, 3.63) is 52.4 Å². The molecule has 0 aromatic heterocycles. The zero-order valence-electron chi connectivity index (χ0n) is 16.5. The standard InChI is InChI=1S/C21H20N2O6S/c1-11-8-14(24)5-6-15(11)22-21-23-19(25)18(30-21)10-13-4-7-16(17(9-13)28-3)29-12(2)20(26)27/h4-10,12,24H,1-3H3,(H,26,27)(H,22,23,25)/b18-10+. The van der Waals surface area contributed by atoms with Gasteiger partial charge >= 0.3 is 5.97 Å². The largest absolute Gasteiger partial charge is 0.508 e. The first-order chi connectivity index (χ1) is 14.3. The van der Waals surface area contributed by atoms with Crippen LogP contribution in [0.1, 0.15) is 18.1 Å². The predicted molar refractivity (Wildman–Crippen MR) is 114 cm³/mol. The molecule has 8 nitrogen and oxygen atoms in total. The van der Waals surface area contributed by atoms with Gasteiger partial charge in [0.1, 0.15) is 5.75 Å². The first-order valence-corrected chi connectivity index (χ1v) is 9.75. The fraction of sp³-hybridized carbons (Fsp3) is 0.190. The van der Waals surface area contributed by atoms with Crippen LogP contribution in [0.25, 0.3) is 6.08 Å². The van der Waals surface area contributed by atoms with Crippen molar-refractivity contribution in [1.82, 2.24) is 5.32 Å². The van der Waals surface area contributed by atoms with Gasteiger partial charge in [0.05, 0.1) is 17.7 Å². The van der Waals surface area contributed by atoms with Crippen LogP contribution in [0.3, 0.4) is 0 Å². The molecule has 0 aliphatic carbocycles. The van der Waals surface area contributed by atoms with Crippen molar-refractivity contribution in [3.63, 3.8) is 0 Å². The summed E-state index contributed by atoms with van der Waals surface area (Å²) in [5, 5.41) is 21.6. The number of thioether (sulfide) groups is 1. The van der Waals surface area contributed by atoms with Gasteiger partial charge in [0, 0.05) is 0 Å². The Morgan fingerprint density at radius 3 is 2.67 bits per heavy atom. The zero-order chi connectivity index (χ0) is 21.8. The number of carboxylic acid groups (broad SMARTS) is 1. The van der Waals surface area contributed by atoms with Gasteiger partial charge in [-0.3, -0.25) is 4.79 Å². The molecule has 1 amide bonds. The van der Waals surface area contributed by atoms with Crippen molar-refractivity contribution in [3.8, 4) is 17.2 Å². The normalized spacial score (nSPS) is 17.1. The molecule has 1 fully saturated rings. The number of nitrogens with one attached hydrogen (secondary N) is 1. The number of phenols is 1. The minimum atomic E-state index is -1.09. The number of carbonyl (C=O) groups excluding carboxylic acids is 1. The lowest BCUT2D eigenvalue weighted by molar-refractivity contribution is -0.144. The van der Waals surface area contributed by atoms with Crippen LogP contribution in [-0.4, -0.2) is 40.5 Å². The van der Waals surface area contributed by atoms with E-state index < -0.39 is 12.1 Å². The number of carboxylic acids is 1. The number of carbonyl (C=O) groups is 2. The molecule has 156 valence electrons. The second-order valence-corrected chi connectivity index (χ2v) is 7.49. The third kappa shape index (κ3) is 4.93. The molecule has 2 aromatic carbocycles. The molecule has 1 aliphatic heterocycles. The number of rotatable bonds is 6. The lowest BCUT2D eigenvalue weighted by Crippen LogP contribution is -2.23. The Labute approximate surface area is 177 Å². The summed E-state index contributed by atoms with van der Waals surface area (Å²) in [5.41, 5.74) is 2.11. The molecule has 3 rings (SSSR count). The molecule has 1 heterocycles. The van der Waals surface area contributed by atoms with Gasteiger partial charge in [-0.15, -0.1) is 0 Å². The molecule has 1 saturated heterocycles. The van der Waals surface area contributed by atoms with Gasteiger partial charge in [-0.25, -0.2) is 9.79 Å². The van der Waals surface area contributed by atoms with Gasteiger partial charge in [0.2, 0.25) is 0 Å². The quantitative estimate of drug-likeness (QED) is 0.603. The number of ether oxygens (including phenoxy) is 2. The van der Waals surface area contributed by atoms with E-state index in [4.69, 9.17) is 14.6 Å². The van der Waals surface area contributed by atoms with Crippen LogP contribution in [0.15, 0.2) is 46.3 Å². The minimum absolute atomic E-state index is 0.152. The molecule has 1 aliphatic rings. The number of phenolic OH excluding ortho intramolecular Hbond substituents is 1. The van der Waals surface area contributed by atoms with Crippen molar-refractivity contribution >= 4 is 40.6 Å². The number of amidine groups is 1. The first-order valence-electron chi connectivity index (χ1n) is 8.93. The van der Waals surface area contributed by atoms with Gasteiger partial charge in [-0.05, 0) is 73.1 Å².